The Kier molecular flexibility index (Phi) is 2.11. The molecule has 0 spiro atoms. The number of fused-ring (bicyclic) bond motifs is 1. The molecule has 0 radical (unpaired) electrons. The monoisotopic (exact) mass is 163 g/mol. The number of rotatable bonds is 1. The van der Waals surface area contributed by atoms with Gasteiger partial charge in [-0.15, -0.1) is 0 Å². The highest BCUT2D eigenvalue weighted by molar-refractivity contribution is 5.06. The first-order valence-corrected chi connectivity index (χ1v) is 4.96. The zero-order valence-corrected chi connectivity index (χ0v) is 8.01. The van der Waals surface area contributed by atoms with Gasteiger partial charge in [0.25, 0.3) is 0 Å². The highest BCUT2D eigenvalue weighted by Gasteiger charge is 2.44. The van der Waals surface area contributed by atoms with Gasteiger partial charge in [-0.3, -0.25) is 4.90 Å². The lowest BCUT2D eigenvalue weighted by Crippen LogP contribution is -2.22. The largest absolute Gasteiger partial charge is 0.292 e. The van der Waals surface area contributed by atoms with Crippen LogP contribution >= 0.6 is 0 Å². The van der Waals surface area contributed by atoms with Crippen LogP contribution < -0.4 is 0 Å². The number of hydrogen-bond donors (Lipinski definition) is 0. The molecule has 1 nitrogen and oxygen atoms in total. The third-order valence-electron chi connectivity index (χ3n) is 2.75. The molecule has 0 aromatic rings. The Morgan fingerprint density at radius 3 is 2.58 bits per heavy atom. The maximum atomic E-state index is 3.24. The number of piperidine rings is 1. The second kappa shape index (κ2) is 3.11. The van der Waals surface area contributed by atoms with Crippen LogP contribution in [-0.2, 0) is 0 Å². The van der Waals surface area contributed by atoms with E-state index in [0.29, 0.717) is 5.92 Å². The van der Waals surface area contributed by atoms with E-state index in [4.69, 9.17) is 0 Å². The van der Waals surface area contributed by atoms with Gasteiger partial charge in [0.05, 0.1) is 6.54 Å². The van der Waals surface area contributed by atoms with E-state index in [1.54, 1.807) is 0 Å². The van der Waals surface area contributed by atoms with E-state index in [9.17, 15) is 0 Å². The standard InChI is InChI=1S/C11H17N/c1-9(2)4-3-5-12-7-10-6-11(10)8-12/h9-11H,5-8H2,1-2H3. The highest BCUT2D eigenvalue weighted by Crippen LogP contribution is 2.44. The van der Waals surface area contributed by atoms with Crippen molar-refractivity contribution in [3.63, 3.8) is 0 Å². The summed E-state index contributed by atoms with van der Waals surface area (Å²) in [5.41, 5.74) is 0. The first kappa shape index (κ1) is 8.13. The van der Waals surface area contributed by atoms with Crippen LogP contribution in [-0.4, -0.2) is 24.5 Å². The summed E-state index contributed by atoms with van der Waals surface area (Å²) in [6.45, 7) is 7.93. The van der Waals surface area contributed by atoms with E-state index in [1.165, 1.54) is 19.5 Å². The molecular formula is C11H17N. The fourth-order valence-corrected chi connectivity index (χ4v) is 1.99. The maximum Gasteiger partial charge on any atom is 0.0601 e. The third kappa shape index (κ3) is 1.81. The van der Waals surface area contributed by atoms with Crippen LogP contribution in [0.5, 0.6) is 0 Å². The minimum Gasteiger partial charge on any atom is -0.292 e. The second-order valence-electron chi connectivity index (χ2n) is 4.43. The van der Waals surface area contributed by atoms with Crippen molar-refractivity contribution in [2.75, 3.05) is 19.6 Å². The van der Waals surface area contributed by atoms with Crippen molar-refractivity contribution in [2.24, 2.45) is 17.8 Å². The van der Waals surface area contributed by atoms with E-state index in [2.05, 4.69) is 30.6 Å². The van der Waals surface area contributed by atoms with Crippen LogP contribution in [0, 0.1) is 29.6 Å². The lowest BCUT2D eigenvalue weighted by molar-refractivity contribution is 0.342. The van der Waals surface area contributed by atoms with Gasteiger partial charge in [0.2, 0.25) is 0 Å². The smallest absolute Gasteiger partial charge is 0.0601 e. The molecule has 12 heavy (non-hydrogen) atoms. The number of likely N-dealkylation sites (tertiary alicyclic amines) is 1. The first-order chi connectivity index (χ1) is 5.75. The van der Waals surface area contributed by atoms with E-state index >= 15 is 0 Å². The fraction of sp³-hybridized carbons (Fsp3) is 0.818. The van der Waals surface area contributed by atoms with Crippen molar-refractivity contribution in [1.82, 2.24) is 4.90 Å². The van der Waals surface area contributed by atoms with Crippen molar-refractivity contribution >= 4 is 0 Å². The molecule has 1 aliphatic heterocycles. The van der Waals surface area contributed by atoms with Crippen molar-refractivity contribution in [2.45, 2.75) is 20.3 Å². The predicted octanol–water partition coefficient (Wildman–Crippen LogP) is 1.60. The van der Waals surface area contributed by atoms with Crippen molar-refractivity contribution in [3.05, 3.63) is 0 Å². The molecule has 0 bridgehead atoms. The summed E-state index contributed by atoms with van der Waals surface area (Å²) in [5, 5.41) is 0. The molecule has 2 unspecified atom stereocenters. The molecule has 66 valence electrons. The van der Waals surface area contributed by atoms with Crippen LogP contribution in [0.25, 0.3) is 0 Å². The molecular weight excluding hydrogens is 146 g/mol. The molecule has 0 aromatic carbocycles. The zero-order chi connectivity index (χ0) is 8.55. The highest BCUT2D eigenvalue weighted by atomic mass is 15.2. The van der Waals surface area contributed by atoms with Gasteiger partial charge in [-0.05, 0) is 18.3 Å². The summed E-state index contributed by atoms with van der Waals surface area (Å²) in [6.07, 6.45) is 1.49. The third-order valence-corrected chi connectivity index (χ3v) is 2.75. The molecule has 0 amide bonds. The van der Waals surface area contributed by atoms with Gasteiger partial charge in [-0.1, -0.05) is 25.7 Å². The molecule has 0 aromatic heterocycles. The van der Waals surface area contributed by atoms with Gasteiger partial charge in [-0.25, -0.2) is 0 Å². The Morgan fingerprint density at radius 1 is 1.33 bits per heavy atom. The van der Waals surface area contributed by atoms with E-state index in [1.807, 2.05) is 0 Å². The quantitative estimate of drug-likeness (QED) is 0.531. The van der Waals surface area contributed by atoms with Crippen LogP contribution in [0.2, 0.25) is 0 Å². The summed E-state index contributed by atoms with van der Waals surface area (Å²) < 4.78 is 0. The lowest BCUT2D eigenvalue weighted by Gasteiger charge is -2.12. The topological polar surface area (TPSA) is 3.24 Å². The Bertz CT molecular complexity index is 211. The van der Waals surface area contributed by atoms with Crippen molar-refractivity contribution < 1.29 is 0 Å². The molecule has 1 saturated heterocycles. The molecule has 0 N–H and O–H groups in total. The second-order valence-corrected chi connectivity index (χ2v) is 4.43. The normalized spacial score (nSPS) is 32.9. The minimum absolute atomic E-state index is 0.530. The van der Waals surface area contributed by atoms with Crippen LogP contribution in [0.3, 0.4) is 0 Å². The van der Waals surface area contributed by atoms with Gasteiger partial charge >= 0.3 is 0 Å². The Hall–Kier alpha value is -0.480. The van der Waals surface area contributed by atoms with E-state index in [-0.39, 0.29) is 0 Å². The molecule has 1 aliphatic carbocycles. The fourth-order valence-electron chi connectivity index (χ4n) is 1.99. The molecule has 2 atom stereocenters. The lowest BCUT2D eigenvalue weighted by atomic mass is 10.2. The van der Waals surface area contributed by atoms with Gasteiger partial charge in [-0.2, -0.15) is 0 Å². The predicted molar refractivity (Wildman–Crippen MR) is 50.7 cm³/mol. The molecule has 2 aliphatic rings. The Morgan fingerprint density at radius 2 is 2.00 bits per heavy atom. The molecule has 1 heteroatoms. The Labute approximate surface area is 75.1 Å². The first-order valence-electron chi connectivity index (χ1n) is 4.96. The average molecular weight is 163 g/mol. The summed E-state index contributed by atoms with van der Waals surface area (Å²) in [5.74, 6) is 9.08. The van der Waals surface area contributed by atoms with E-state index in [0.717, 1.165) is 18.4 Å². The van der Waals surface area contributed by atoms with Gasteiger partial charge in [0.1, 0.15) is 0 Å². The van der Waals surface area contributed by atoms with E-state index < -0.39 is 0 Å². The van der Waals surface area contributed by atoms with Crippen LogP contribution in [0.15, 0.2) is 0 Å². The minimum atomic E-state index is 0.530. The van der Waals surface area contributed by atoms with Gasteiger partial charge in [0.15, 0.2) is 0 Å². The van der Waals surface area contributed by atoms with Gasteiger partial charge < -0.3 is 0 Å². The van der Waals surface area contributed by atoms with Crippen LogP contribution in [0.4, 0.5) is 0 Å². The molecule has 2 rings (SSSR count). The molecule has 2 fully saturated rings. The SMILES string of the molecule is CC(C)C#CCN1CC2CC2C1. The van der Waals surface area contributed by atoms with Crippen molar-refractivity contribution in [3.8, 4) is 11.8 Å². The Balaban J connectivity index is 1.71. The maximum absolute atomic E-state index is 3.24. The number of nitrogens with zero attached hydrogens (tertiary/aromatic N) is 1. The number of hydrogen-bond acceptors (Lipinski definition) is 1. The summed E-state index contributed by atoms with van der Waals surface area (Å²) in [7, 11) is 0. The zero-order valence-electron chi connectivity index (χ0n) is 8.01. The summed E-state index contributed by atoms with van der Waals surface area (Å²) >= 11 is 0. The molecule has 1 heterocycles. The summed E-state index contributed by atoms with van der Waals surface area (Å²) in [6, 6.07) is 0. The molecule has 1 saturated carbocycles. The summed E-state index contributed by atoms with van der Waals surface area (Å²) in [4.78, 5) is 2.49. The average Bonchev–Trinajstić information content (AvgIpc) is 2.59. The van der Waals surface area contributed by atoms with Crippen LogP contribution in [0.1, 0.15) is 20.3 Å². The van der Waals surface area contributed by atoms with Gasteiger partial charge in [0, 0.05) is 19.0 Å². The van der Waals surface area contributed by atoms with Crippen molar-refractivity contribution in [1.29, 1.82) is 0 Å².